The summed E-state index contributed by atoms with van der Waals surface area (Å²) in [4.78, 5) is 0. The normalized spacial score (nSPS) is 32.1. The van der Waals surface area contributed by atoms with E-state index >= 15 is 0 Å². The standard InChI is InChI=1S/C12H21N/c1-4-11-6-8-12(13-3)7-5-10(2)9-11/h6,8,10,13H,4-5,7,9H2,1-3H3/b11-6-,12-8+. The molecule has 1 nitrogen and oxygen atoms in total. The minimum absolute atomic E-state index is 0.836. The minimum atomic E-state index is 0.836. The van der Waals surface area contributed by atoms with Crippen LogP contribution in [0.4, 0.5) is 0 Å². The zero-order valence-corrected chi connectivity index (χ0v) is 9.06. The van der Waals surface area contributed by atoms with E-state index in [-0.39, 0.29) is 0 Å². The highest BCUT2D eigenvalue weighted by molar-refractivity contribution is 5.18. The molecule has 74 valence electrons. The van der Waals surface area contributed by atoms with Crippen molar-refractivity contribution in [1.82, 2.24) is 5.32 Å². The fourth-order valence-corrected chi connectivity index (χ4v) is 1.79. The van der Waals surface area contributed by atoms with Crippen LogP contribution in [0.3, 0.4) is 0 Å². The van der Waals surface area contributed by atoms with E-state index in [9.17, 15) is 0 Å². The van der Waals surface area contributed by atoms with Crippen LogP contribution in [0.25, 0.3) is 0 Å². The van der Waals surface area contributed by atoms with E-state index in [0.29, 0.717) is 0 Å². The molecule has 0 heterocycles. The van der Waals surface area contributed by atoms with E-state index in [1.54, 1.807) is 5.57 Å². The zero-order valence-electron chi connectivity index (χ0n) is 9.06. The third-order valence-corrected chi connectivity index (χ3v) is 2.81. The van der Waals surface area contributed by atoms with Crippen LogP contribution < -0.4 is 5.32 Å². The Morgan fingerprint density at radius 2 is 2.23 bits per heavy atom. The van der Waals surface area contributed by atoms with Crippen LogP contribution in [-0.2, 0) is 0 Å². The van der Waals surface area contributed by atoms with Gasteiger partial charge in [0.25, 0.3) is 0 Å². The molecule has 0 spiro atoms. The predicted octanol–water partition coefficient (Wildman–Crippen LogP) is 3.25. The molecule has 0 bridgehead atoms. The summed E-state index contributed by atoms with van der Waals surface area (Å²) in [6.45, 7) is 4.59. The van der Waals surface area contributed by atoms with Crippen LogP contribution in [0.15, 0.2) is 23.4 Å². The van der Waals surface area contributed by atoms with Gasteiger partial charge in [0.15, 0.2) is 0 Å². The molecular formula is C12H21N. The van der Waals surface area contributed by atoms with Crippen LogP contribution in [0.5, 0.6) is 0 Å². The molecule has 0 radical (unpaired) electrons. The van der Waals surface area contributed by atoms with Crippen molar-refractivity contribution in [3.8, 4) is 0 Å². The van der Waals surface area contributed by atoms with E-state index in [1.165, 1.54) is 31.4 Å². The predicted molar refractivity (Wildman–Crippen MR) is 58.5 cm³/mol. The lowest BCUT2D eigenvalue weighted by atomic mass is 9.92. The molecule has 1 aliphatic carbocycles. The van der Waals surface area contributed by atoms with Crippen molar-refractivity contribution in [1.29, 1.82) is 0 Å². The Morgan fingerprint density at radius 1 is 1.46 bits per heavy atom. The minimum Gasteiger partial charge on any atom is -0.391 e. The molecule has 0 saturated carbocycles. The second-order valence-electron chi connectivity index (χ2n) is 3.97. The summed E-state index contributed by atoms with van der Waals surface area (Å²) >= 11 is 0. The highest BCUT2D eigenvalue weighted by atomic mass is 14.8. The van der Waals surface area contributed by atoms with Crippen molar-refractivity contribution in [3.05, 3.63) is 23.4 Å². The van der Waals surface area contributed by atoms with Crippen molar-refractivity contribution in [3.63, 3.8) is 0 Å². The molecule has 0 aliphatic heterocycles. The quantitative estimate of drug-likeness (QED) is 0.686. The van der Waals surface area contributed by atoms with Gasteiger partial charge in [-0.3, -0.25) is 0 Å². The molecule has 0 saturated heterocycles. The number of allylic oxidation sites excluding steroid dienone is 4. The van der Waals surface area contributed by atoms with Gasteiger partial charge in [-0.25, -0.2) is 0 Å². The summed E-state index contributed by atoms with van der Waals surface area (Å²) in [5.74, 6) is 0.836. The van der Waals surface area contributed by atoms with Crippen molar-refractivity contribution >= 4 is 0 Å². The molecule has 0 aromatic carbocycles. The van der Waals surface area contributed by atoms with E-state index in [1.807, 2.05) is 7.05 Å². The third kappa shape index (κ3) is 3.25. The maximum atomic E-state index is 3.25. The molecule has 1 heteroatoms. The van der Waals surface area contributed by atoms with Crippen molar-refractivity contribution in [2.24, 2.45) is 5.92 Å². The van der Waals surface area contributed by atoms with Gasteiger partial charge in [0.2, 0.25) is 0 Å². The van der Waals surface area contributed by atoms with Gasteiger partial charge >= 0.3 is 0 Å². The molecule has 0 aromatic rings. The Kier molecular flexibility index (Phi) is 4.07. The van der Waals surface area contributed by atoms with E-state index in [0.717, 1.165) is 5.92 Å². The Hall–Kier alpha value is -0.720. The van der Waals surface area contributed by atoms with Crippen LogP contribution >= 0.6 is 0 Å². The van der Waals surface area contributed by atoms with Gasteiger partial charge in [0, 0.05) is 12.7 Å². The van der Waals surface area contributed by atoms with Gasteiger partial charge < -0.3 is 5.32 Å². The van der Waals surface area contributed by atoms with Gasteiger partial charge in [-0.15, -0.1) is 0 Å². The van der Waals surface area contributed by atoms with Gasteiger partial charge in [-0.2, -0.15) is 0 Å². The Bertz CT molecular complexity index is 213. The van der Waals surface area contributed by atoms with Crippen LogP contribution in [0.1, 0.15) is 39.5 Å². The summed E-state index contributed by atoms with van der Waals surface area (Å²) in [5, 5.41) is 3.25. The van der Waals surface area contributed by atoms with Crippen LogP contribution in [0.2, 0.25) is 0 Å². The average Bonchev–Trinajstić information content (AvgIpc) is 2.12. The van der Waals surface area contributed by atoms with Crippen molar-refractivity contribution in [2.45, 2.75) is 39.5 Å². The molecular weight excluding hydrogens is 158 g/mol. The Balaban J connectivity index is 2.72. The summed E-state index contributed by atoms with van der Waals surface area (Å²) in [7, 11) is 2.01. The monoisotopic (exact) mass is 179 g/mol. The number of rotatable bonds is 2. The second-order valence-corrected chi connectivity index (χ2v) is 3.97. The summed E-state index contributed by atoms with van der Waals surface area (Å²) in [5.41, 5.74) is 2.96. The Morgan fingerprint density at radius 3 is 2.85 bits per heavy atom. The fourth-order valence-electron chi connectivity index (χ4n) is 1.79. The average molecular weight is 179 g/mol. The molecule has 1 rings (SSSR count). The first-order chi connectivity index (χ1) is 6.26. The zero-order chi connectivity index (χ0) is 9.68. The van der Waals surface area contributed by atoms with Gasteiger partial charge in [-0.05, 0) is 37.7 Å². The molecule has 1 unspecified atom stereocenters. The molecule has 13 heavy (non-hydrogen) atoms. The lowest BCUT2D eigenvalue weighted by molar-refractivity contribution is 0.511. The maximum absolute atomic E-state index is 3.25. The molecule has 1 aliphatic rings. The largest absolute Gasteiger partial charge is 0.391 e. The van der Waals surface area contributed by atoms with Gasteiger partial charge in [-0.1, -0.05) is 25.5 Å². The first-order valence-corrected chi connectivity index (χ1v) is 5.32. The van der Waals surface area contributed by atoms with Crippen molar-refractivity contribution in [2.75, 3.05) is 7.05 Å². The van der Waals surface area contributed by atoms with E-state index in [2.05, 4.69) is 31.3 Å². The van der Waals surface area contributed by atoms with Crippen LogP contribution in [0, 0.1) is 5.92 Å². The Labute approximate surface area is 81.9 Å². The third-order valence-electron chi connectivity index (χ3n) is 2.81. The molecule has 0 amide bonds. The smallest absolute Gasteiger partial charge is 0.0104 e. The lowest BCUT2D eigenvalue weighted by Gasteiger charge is -2.17. The highest BCUT2D eigenvalue weighted by Gasteiger charge is 2.08. The summed E-state index contributed by atoms with van der Waals surface area (Å²) < 4.78 is 0. The van der Waals surface area contributed by atoms with Gasteiger partial charge in [0.1, 0.15) is 0 Å². The number of hydrogen-bond acceptors (Lipinski definition) is 1. The molecule has 1 atom stereocenters. The van der Waals surface area contributed by atoms with Crippen LogP contribution in [-0.4, -0.2) is 7.05 Å². The molecule has 0 aromatic heterocycles. The molecule has 1 N–H and O–H groups in total. The number of hydrogen-bond donors (Lipinski definition) is 1. The SMILES string of the molecule is CC/C1=C/C=C(/NC)CCC(C)C1. The highest BCUT2D eigenvalue weighted by Crippen LogP contribution is 2.23. The van der Waals surface area contributed by atoms with E-state index in [4.69, 9.17) is 0 Å². The molecule has 0 fully saturated rings. The second kappa shape index (κ2) is 5.11. The first kappa shape index (κ1) is 10.4. The topological polar surface area (TPSA) is 12.0 Å². The summed E-state index contributed by atoms with van der Waals surface area (Å²) in [6.07, 6.45) is 9.52. The lowest BCUT2D eigenvalue weighted by Crippen LogP contribution is -2.09. The summed E-state index contributed by atoms with van der Waals surface area (Å²) in [6, 6.07) is 0. The fraction of sp³-hybridized carbons (Fsp3) is 0.667. The van der Waals surface area contributed by atoms with Gasteiger partial charge in [0.05, 0.1) is 0 Å². The van der Waals surface area contributed by atoms with E-state index < -0.39 is 0 Å². The maximum Gasteiger partial charge on any atom is 0.0104 e. The number of nitrogens with one attached hydrogen (secondary N) is 1. The van der Waals surface area contributed by atoms with Crippen molar-refractivity contribution < 1.29 is 0 Å². The first-order valence-electron chi connectivity index (χ1n) is 5.32.